The molecule has 0 spiro atoms. The largest absolute Gasteiger partial charge is 1.00 e. The van der Waals surface area contributed by atoms with Crippen LogP contribution in [0.4, 0.5) is 5.69 Å². The molecule has 0 fully saturated rings. The number of rotatable bonds is 6. The van der Waals surface area contributed by atoms with Gasteiger partial charge in [-0.1, -0.05) is 39.0 Å². The quantitative estimate of drug-likeness (QED) is 0.724. The first-order valence-corrected chi connectivity index (χ1v) is 7.38. The van der Waals surface area contributed by atoms with Gasteiger partial charge in [-0.2, -0.15) is 0 Å². The summed E-state index contributed by atoms with van der Waals surface area (Å²) >= 11 is 0. The van der Waals surface area contributed by atoms with Crippen LogP contribution in [0.25, 0.3) is 0 Å². The van der Waals surface area contributed by atoms with Crippen molar-refractivity contribution in [2.45, 2.75) is 45.6 Å². The SMILES string of the molecule is CCC(CC)(CC)[NH2+]C1=CCN(c2ccccc2)N1.[Br-]. The topological polar surface area (TPSA) is 31.9 Å². The molecule has 0 amide bonds. The van der Waals surface area contributed by atoms with Gasteiger partial charge in [-0.15, -0.1) is 0 Å². The lowest BCUT2D eigenvalue weighted by atomic mass is 9.90. The smallest absolute Gasteiger partial charge is 0.215 e. The lowest BCUT2D eigenvalue weighted by molar-refractivity contribution is -0.690. The first-order valence-electron chi connectivity index (χ1n) is 7.38. The van der Waals surface area contributed by atoms with Gasteiger partial charge in [0, 0.05) is 6.08 Å². The van der Waals surface area contributed by atoms with E-state index in [0.717, 1.165) is 6.54 Å². The second-order valence-electron chi connectivity index (χ2n) is 5.28. The molecule has 0 aliphatic carbocycles. The average molecular weight is 340 g/mol. The summed E-state index contributed by atoms with van der Waals surface area (Å²) in [6.45, 7) is 7.79. The lowest BCUT2D eigenvalue weighted by Gasteiger charge is -2.29. The van der Waals surface area contributed by atoms with Crippen molar-refractivity contribution in [1.82, 2.24) is 5.43 Å². The van der Waals surface area contributed by atoms with E-state index in [-0.39, 0.29) is 17.0 Å². The molecule has 2 rings (SSSR count). The van der Waals surface area contributed by atoms with Crippen LogP contribution in [0.1, 0.15) is 40.0 Å². The zero-order valence-electron chi connectivity index (χ0n) is 12.7. The van der Waals surface area contributed by atoms with Gasteiger partial charge in [0.05, 0.1) is 12.2 Å². The van der Waals surface area contributed by atoms with Crippen molar-refractivity contribution in [3.63, 3.8) is 0 Å². The minimum Gasteiger partial charge on any atom is -1.00 e. The maximum absolute atomic E-state index is 3.50. The standard InChI is InChI=1S/C16H25N3.BrH/c1-4-16(5-2,6-3)17-15-12-13-19(18-15)14-10-8-7-9-11-14;/h7-12,17-18H,4-6,13H2,1-3H3;1H. The molecule has 3 nitrogen and oxygen atoms in total. The van der Waals surface area contributed by atoms with Crippen molar-refractivity contribution in [2.24, 2.45) is 0 Å². The number of hydrazine groups is 1. The fourth-order valence-electron chi connectivity index (χ4n) is 2.69. The second kappa shape index (κ2) is 7.70. The molecule has 1 heterocycles. The van der Waals surface area contributed by atoms with E-state index >= 15 is 0 Å². The van der Waals surface area contributed by atoms with Crippen molar-refractivity contribution >= 4 is 5.69 Å². The Balaban J connectivity index is 0.00000200. The van der Waals surface area contributed by atoms with E-state index in [0.29, 0.717) is 5.54 Å². The molecule has 1 aliphatic rings. The van der Waals surface area contributed by atoms with E-state index < -0.39 is 0 Å². The van der Waals surface area contributed by atoms with Crippen LogP contribution in [0, 0.1) is 0 Å². The van der Waals surface area contributed by atoms with E-state index in [9.17, 15) is 0 Å². The molecule has 0 unspecified atom stereocenters. The van der Waals surface area contributed by atoms with E-state index in [1.165, 1.54) is 30.8 Å². The normalized spacial score (nSPS) is 14.6. The Kier molecular flexibility index (Phi) is 6.56. The highest BCUT2D eigenvalue weighted by molar-refractivity contribution is 5.47. The molecular weight excluding hydrogens is 314 g/mol. The van der Waals surface area contributed by atoms with Gasteiger partial charge in [-0.3, -0.25) is 15.8 Å². The highest BCUT2D eigenvalue weighted by Gasteiger charge is 2.31. The Bertz CT molecular complexity index is 418. The van der Waals surface area contributed by atoms with Crippen LogP contribution in [0.15, 0.2) is 42.2 Å². The molecular formula is C16H26BrN3. The zero-order valence-corrected chi connectivity index (χ0v) is 14.3. The molecule has 1 aromatic rings. The third-order valence-electron chi connectivity index (χ3n) is 4.40. The zero-order chi connectivity index (χ0) is 13.7. The number of para-hydroxylation sites is 1. The summed E-state index contributed by atoms with van der Waals surface area (Å²) < 4.78 is 0. The van der Waals surface area contributed by atoms with Crippen LogP contribution in [0.2, 0.25) is 0 Å². The van der Waals surface area contributed by atoms with Crippen LogP contribution in [-0.2, 0) is 0 Å². The minimum absolute atomic E-state index is 0. The summed E-state index contributed by atoms with van der Waals surface area (Å²) in [6.07, 6.45) is 5.88. The highest BCUT2D eigenvalue weighted by Crippen LogP contribution is 2.17. The number of hydrogen-bond donors (Lipinski definition) is 2. The van der Waals surface area contributed by atoms with Gasteiger partial charge >= 0.3 is 0 Å². The number of halogens is 1. The van der Waals surface area contributed by atoms with Gasteiger partial charge in [0.15, 0.2) is 0 Å². The van der Waals surface area contributed by atoms with Crippen LogP contribution in [0.3, 0.4) is 0 Å². The lowest BCUT2D eigenvalue weighted by Crippen LogP contribution is -3.00. The highest BCUT2D eigenvalue weighted by atomic mass is 79.9. The molecule has 0 saturated carbocycles. The second-order valence-corrected chi connectivity index (χ2v) is 5.28. The summed E-state index contributed by atoms with van der Waals surface area (Å²) in [5, 5.41) is 4.62. The third-order valence-corrected chi connectivity index (χ3v) is 4.40. The molecule has 0 aromatic heterocycles. The number of hydrogen-bond acceptors (Lipinski definition) is 2. The molecule has 0 bridgehead atoms. The number of anilines is 1. The van der Waals surface area contributed by atoms with Crippen molar-refractivity contribution in [3.8, 4) is 0 Å². The average Bonchev–Trinajstić information content (AvgIpc) is 2.94. The summed E-state index contributed by atoms with van der Waals surface area (Å²) in [7, 11) is 0. The van der Waals surface area contributed by atoms with Crippen molar-refractivity contribution < 1.29 is 22.3 Å². The molecule has 112 valence electrons. The molecule has 1 aromatic carbocycles. The Morgan fingerprint density at radius 1 is 1.10 bits per heavy atom. The van der Waals surface area contributed by atoms with Crippen LogP contribution in [0.5, 0.6) is 0 Å². The summed E-state index contributed by atoms with van der Waals surface area (Å²) in [5.74, 6) is 1.26. The van der Waals surface area contributed by atoms with E-state index in [1.807, 2.05) is 0 Å². The van der Waals surface area contributed by atoms with Gasteiger partial charge in [-0.25, -0.2) is 0 Å². The maximum atomic E-state index is 3.50. The number of nitrogens with two attached hydrogens (primary N) is 1. The van der Waals surface area contributed by atoms with E-state index in [2.05, 4.69) is 72.9 Å². The molecule has 0 atom stereocenters. The summed E-state index contributed by atoms with van der Waals surface area (Å²) in [5.41, 5.74) is 5.06. The van der Waals surface area contributed by atoms with Gasteiger partial charge in [0.25, 0.3) is 0 Å². The first kappa shape index (κ1) is 17.1. The summed E-state index contributed by atoms with van der Waals surface area (Å²) in [6, 6.07) is 10.5. The fourth-order valence-corrected chi connectivity index (χ4v) is 2.69. The number of nitrogens with one attached hydrogen (secondary N) is 1. The number of nitrogens with zero attached hydrogens (tertiary/aromatic N) is 1. The van der Waals surface area contributed by atoms with Crippen LogP contribution in [-0.4, -0.2) is 12.1 Å². The molecule has 3 N–H and O–H groups in total. The predicted molar refractivity (Wildman–Crippen MR) is 80.5 cm³/mol. The monoisotopic (exact) mass is 339 g/mol. The van der Waals surface area contributed by atoms with Gasteiger partial charge in [0.2, 0.25) is 5.82 Å². The molecule has 1 aliphatic heterocycles. The predicted octanol–water partition coefficient (Wildman–Crippen LogP) is -0.611. The Morgan fingerprint density at radius 2 is 1.70 bits per heavy atom. The Hall–Kier alpha value is -1.000. The van der Waals surface area contributed by atoms with E-state index in [1.54, 1.807) is 0 Å². The number of benzene rings is 1. The molecule has 0 radical (unpaired) electrons. The first-order chi connectivity index (χ1) is 9.23. The third kappa shape index (κ3) is 3.76. The van der Waals surface area contributed by atoms with Gasteiger partial charge < -0.3 is 17.0 Å². The maximum Gasteiger partial charge on any atom is 0.215 e. The molecule has 4 heteroatoms. The van der Waals surface area contributed by atoms with Crippen molar-refractivity contribution in [3.05, 3.63) is 42.2 Å². The van der Waals surface area contributed by atoms with Crippen molar-refractivity contribution in [1.29, 1.82) is 0 Å². The van der Waals surface area contributed by atoms with E-state index in [4.69, 9.17) is 0 Å². The van der Waals surface area contributed by atoms with Gasteiger partial charge in [0.1, 0.15) is 5.54 Å². The minimum atomic E-state index is 0. The molecule has 20 heavy (non-hydrogen) atoms. The fraction of sp³-hybridized carbons (Fsp3) is 0.500. The summed E-state index contributed by atoms with van der Waals surface area (Å²) in [4.78, 5) is 0. The van der Waals surface area contributed by atoms with Crippen LogP contribution >= 0.6 is 0 Å². The van der Waals surface area contributed by atoms with Gasteiger partial charge in [-0.05, 0) is 31.4 Å². The Morgan fingerprint density at radius 3 is 2.25 bits per heavy atom. The number of quaternary nitrogens is 1. The Labute approximate surface area is 133 Å². The van der Waals surface area contributed by atoms with Crippen molar-refractivity contribution in [2.75, 3.05) is 11.6 Å². The van der Waals surface area contributed by atoms with Crippen LogP contribution < -0.4 is 32.7 Å². The molecule has 0 saturated heterocycles.